The normalized spacial score (nSPS) is 21.3. The number of para-hydroxylation sites is 1. The van der Waals surface area contributed by atoms with Gasteiger partial charge in [0.15, 0.2) is 0 Å². The van der Waals surface area contributed by atoms with Crippen LogP contribution in [0, 0.1) is 0 Å². The predicted molar refractivity (Wildman–Crippen MR) is 74.5 cm³/mol. The maximum Gasteiger partial charge on any atom is 0.0705 e. The van der Waals surface area contributed by atoms with Gasteiger partial charge in [-0.05, 0) is 19.1 Å². The first-order valence-corrected chi connectivity index (χ1v) is 6.62. The Hall–Kier alpha value is -1.45. The van der Waals surface area contributed by atoms with Crippen molar-refractivity contribution in [2.75, 3.05) is 19.6 Å². The highest BCUT2D eigenvalue weighted by molar-refractivity contribution is 5.78. The Balaban J connectivity index is 1.78. The zero-order chi connectivity index (χ0) is 12.4. The third kappa shape index (κ3) is 2.52. The monoisotopic (exact) mass is 241 g/mol. The van der Waals surface area contributed by atoms with Crippen molar-refractivity contribution in [2.45, 2.75) is 19.5 Å². The van der Waals surface area contributed by atoms with E-state index in [1.54, 1.807) is 0 Å². The molecule has 2 aromatic rings. The molecule has 1 aromatic heterocycles. The summed E-state index contributed by atoms with van der Waals surface area (Å²) in [6.07, 6.45) is 0. The largest absolute Gasteiger partial charge is 0.312 e. The van der Waals surface area contributed by atoms with Gasteiger partial charge in [0.1, 0.15) is 0 Å². The molecule has 1 fully saturated rings. The Labute approximate surface area is 108 Å². The number of benzene rings is 1. The van der Waals surface area contributed by atoms with Gasteiger partial charge < -0.3 is 5.32 Å². The Kier molecular flexibility index (Phi) is 3.26. The number of fused-ring (bicyclic) bond motifs is 1. The van der Waals surface area contributed by atoms with Crippen LogP contribution >= 0.6 is 0 Å². The van der Waals surface area contributed by atoms with Crippen LogP contribution in [0.1, 0.15) is 12.6 Å². The highest BCUT2D eigenvalue weighted by Gasteiger charge is 2.15. The standard InChI is InChI=1S/C15H19N3/c1-12-10-18(9-8-16-12)11-14-7-6-13-4-2-3-5-15(13)17-14/h2-7,12,16H,8-11H2,1H3/t12-/m1/s1. The summed E-state index contributed by atoms with van der Waals surface area (Å²) < 4.78 is 0. The molecule has 18 heavy (non-hydrogen) atoms. The molecule has 0 radical (unpaired) electrons. The van der Waals surface area contributed by atoms with E-state index in [1.165, 1.54) is 11.1 Å². The van der Waals surface area contributed by atoms with Gasteiger partial charge >= 0.3 is 0 Å². The third-order valence-corrected chi connectivity index (χ3v) is 3.49. The van der Waals surface area contributed by atoms with Crippen molar-refractivity contribution in [3.63, 3.8) is 0 Å². The average molecular weight is 241 g/mol. The lowest BCUT2D eigenvalue weighted by Gasteiger charge is -2.31. The van der Waals surface area contributed by atoms with Crippen LogP contribution < -0.4 is 5.32 Å². The van der Waals surface area contributed by atoms with Gasteiger partial charge in [-0.3, -0.25) is 9.88 Å². The number of aromatic nitrogens is 1. The molecule has 3 heteroatoms. The van der Waals surface area contributed by atoms with Crippen LogP contribution in [0.25, 0.3) is 10.9 Å². The first kappa shape index (κ1) is 11.6. The summed E-state index contributed by atoms with van der Waals surface area (Å²) in [6.45, 7) is 6.49. The fourth-order valence-corrected chi connectivity index (χ4v) is 2.58. The molecule has 3 nitrogen and oxygen atoms in total. The molecule has 3 rings (SSSR count). The molecule has 0 spiro atoms. The van der Waals surface area contributed by atoms with Crippen LogP contribution in [0.15, 0.2) is 36.4 Å². The minimum absolute atomic E-state index is 0.583. The van der Waals surface area contributed by atoms with Crippen LogP contribution in [0.2, 0.25) is 0 Å². The van der Waals surface area contributed by atoms with Crippen LogP contribution in [0.4, 0.5) is 0 Å². The highest BCUT2D eigenvalue weighted by atomic mass is 15.2. The molecule has 1 atom stereocenters. The lowest BCUT2D eigenvalue weighted by molar-refractivity contribution is 0.198. The Bertz CT molecular complexity index is 538. The molecule has 0 unspecified atom stereocenters. The van der Waals surface area contributed by atoms with Gasteiger partial charge in [0, 0.05) is 37.6 Å². The molecular formula is C15H19N3. The van der Waals surface area contributed by atoms with Crippen molar-refractivity contribution in [2.24, 2.45) is 0 Å². The van der Waals surface area contributed by atoms with Crippen LogP contribution in [-0.2, 0) is 6.54 Å². The van der Waals surface area contributed by atoms with Crippen molar-refractivity contribution in [1.82, 2.24) is 15.2 Å². The summed E-state index contributed by atoms with van der Waals surface area (Å²) >= 11 is 0. The molecule has 0 bridgehead atoms. The molecule has 94 valence electrons. The maximum absolute atomic E-state index is 4.73. The molecule has 0 amide bonds. The molecule has 1 aliphatic heterocycles. The minimum atomic E-state index is 0.583. The smallest absolute Gasteiger partial charge is 0.0705 e. The van der Waals surface area contributed by atoms with E-state index in [4.69, 9.17) is 4.98 Å². The fourth-order valence-electron chi connectivity index (χ4n) is 2.58. The average Bonchev–Trinajstić information content (AvgIpc) is 2.39. The van der Waals surface area contributed by atoms with Crippen LogP contribution in [0.3, 0.4) is 0 Å². The van der Waals surface area contributed by atoms with Gasteiger partial charge in [0.25, 0.3) is 0 Å². The topological polar surface area (TPSA) is 28.2 Å². The Morgan fingerprint density at radius 1 is 1.28 bits per heavy atom. The second-order valence-corrected chi connectivity index (χ2v) is 5.09. The van der Waals surface area contributed by atoms with Gasteiger partial charge in [-0.15, -0.1) is 0 Å². The van der Waals surface area contributed by atoms with Gasteiger partial charge in [0.05, 0.1) is 11.2 Å². The molecule has 1 aliphatic rings. The first-order chi connectivity index (χ1) is 8.81. The molecule has 1 saturated heterocycles. The summed E-state index contributed by atoms with van der Waals surface area (Å²) in [4.78, 5) is 7.20. The SMILES string of the molecule is C[C@@H]1CN(Cc2ccc3ccccc3n2)CCN1. The van der Waals surface area contributed by atoms with E-state index in [9.17, 15) is 0 Å². The number of nitrogens with one attached hydrogen (secondary N) is 1. The van der Waals surface area contributed by atoms with E-state index in [0.717, 1.165) is 31.7 Å². The number of hydrogen-bond donors (Lipinski definition) is 1. The van der Waals surface area contributed by atoms with Gasteiger partial charge in [-0.25, -0.2) is 0 Å². The maximum atomic E-state index is 4.73. The summed E-state index contributed by atoms with van der Waals surface area (Å²) in [7, 11) is 0. The van der Waals surface area contributed by atoms with E-state index in [2.05, 4.69) is 47.5 Å². The lowest BCUT2D eigenvalue weighted by Crippen LogP contribution is -2.48. The fraction of sp³-hybridized carbons (Fsp3) is 0.400. The number of rotatable bonds is 2. The molecular weight excluding hydrogens is 222 g/mol. The van der Waals surface area contributed by atoms with E-state index in [0.29, 0.717) is 6.04 Å². The van der Waals surface area contributed by atoms with Gasteiger partial charge in [-0.1, -0.05) is 24.3 Å². The Morgan fingerprint density at radius 3 is 3.06 bits per heavy atom. The molecule has 0 saturated carbocycles. The van der Waals surface area contributed by atoms with Crippen molar-refractivity contribution < 1.29 is 0 Å². The number of pyridine rings is 1. The lowest BCUT2D eigenvalue weighted by atomic mass is 10.2. The van der Waals surface area contributed by atoms with Crippen molar-refractivity contribution in [1.29, 1.82) is 0 Å². The summed E-state index contributed by atoms with van der Waals surface area (Å²) in [5.74, 6) is 0. The first-order valence-electron chi connectivity index (χ1n) is 6.62. The quantitative estimate of drug-likeness (QED) is 0.872. The summed E-state index contributed by atoms with van der Waals surface area (Å²) in [5.41, 5.74) is 2.26. The predicted octanol–water partition coefficient (Wildman–Crippen LogP) is 2.03. The van der Waals surface area contributed by atoms with E-state index in [-0.39, 0.29) is 0 Å². The number of piperazine rings is 1. The van der Waals surface area contributed by atoms with Crippen molar-refractivity contribution in [3.05, 3.63) is 42.1 Å². The van der Waals surface area contributed by atoms with E-state index < -0.39 is 0 Å². The third-order valence-electron chi connectivity index (χ3n) is 3.49. The summed E-state index contributed by atoms with van der Waals surface area (Å²) in [5, 5.41) is 4.68. The summed E-state index contributed by atoms with van der Waals surface area (Å²) in [6, 6.07) is 13.2. The molecule has 1 aromatic carbocycles. The van der Waals surface area contributed by atoms with Crippen LogP contribution in [-0.4, -0.2) is 35.6 Å². The molecule has 2 heterocycles. The van der Waals surface area contributed by atoms with Crippen molar-refractivity contribution >= 4 is 10.9 Å². The zero-order valence-electron chi connectivity index (χ0n) is 10.8. The second-order valence-electron chi connectivity index (χ2n) is 5.09. The van der Waals surface area contributed by atoms with E-state index in [1.807, 2.05) is 6.07 Å². The minimum Gasteiger partial charge on any atom is -0.312 e. The number of hydrogen-bond acceptors (Lipinski definition) is 3. The zero-order valence-corrected chi connectivity index (χ0v) is 10.8. The van der Waals surface area contributed by atoms with E-state index >= 15 is 0 Å². The van der Waals surface area contributed by atoms with Gasteiger partial charge in [-0.2, -0.15) is 0 Å². The van der Waals surface area contributed by atoms with Gasteiger partial charge in [0.2, 0.25) is 0 Å². The number of nitrogens with zero attached hydrogens (tertiary/aromatic N) is 2. The molecule has 1 N–H and O–H groups in total. The highest BCUT2D eigenvalue weighted by Crippen LogP contribution is 2.13. The molecule has 0 aliphatic carbocycles. The van der Waals surface area contributed by atoms with Crippen LogP contribution in [0.5, 0.6) is 0 Å². The Morgan fingerprint density at radius 2 is 2.17 bits per heavy atom. The second kappa shape index (κ2) is 5.04. The van der Waals surface area contributed by atoms with Crippen molar-refractivity contribution in [3.8, 4) is 0 Å².